The minimum Gasteiger partial charge on any atom is -0.374 e. The van der Waals surface area contributed by atoms with E-state index < -0.39 is 0 Å². The Morgan fingerprint density at radius 3 is 2.67 bits per heavy atom. The first-order valence-electron chi connectivity index (χ1n) is 3.47. The molecule has 1 heterocycles. The van der Waals surface area contributed by atoms with Crippen molar-refractivity contribution in [2.75, 3.05) is 6.61 Å². The molecule has 1 aliphatic heterocycles. The van der Waals surface area contributed by atoms with Crippen LogP contribution in [-0.4, -0.2) is 17.6 Å². The quantitative estimate of drug-likeness (QED) is 0.518. The van der Waals surface area contributed by atoms with Crippen molar-refractivity contribution in [1.82, 2.24) is 0 Å². The fourth-order valence-corrected chi connectivity index (χ4v) is 1.42. The molecule has 2 heteroatoms. The molecule has 0 spiro atoms. The van der Waals surface area contributed by atoms with E-state index in [4.69, 9.17) is 16.3 Å². The number of rotatable bonds is 1. The van der Waals surface area contributed by atoms with Gasteiger partial charge in [-0.25, -0.2) is 0 Å². The summed E-state index contributed by atoms with van der Waals surface area (Å²) in [4.78, 5) is 0. The SMILES string of the molecule is CC[C@]1(C)OCC[C@H]1Cl. The van der Waals surface area contributed by atoms with E-state index >= 15 is 0 Å². The zero-order valence-corrected chi connectivity index (χ0v) is 6.74. The summed E-state index contributed by atoms with van der Waals surface area (Å²) in [5.74, 6) is 0. The molecule has 0 N–H and O–H groups in total. The second kappa shape index (κ2) is 2.47. The fourth-order valence-electron chi connectivity index (χ4n) is 1.11. The van der Waals surface area contributed by atoms with Crippen molar-refractivity contribution in [3.8, 4) is 0 Å². The van der Waals surface area contributed by atoms with Gasteiger partial charge in [0.15, 0.2) is 0 Å². The van der Waals surface area contributed by atoms with Crippen molar-refractivity contribution in [2.45, 2.75) is 37.7 Å². The normalized spacial score (nSPS) is 43.7. The van der Waals surface area contributed by atoms with Crippen molar-refractivity contribution >= 4 is 11.6 Å². The maximum Gasteiger partial charge on any atom is 0.0815 e. The van der Waals surface area contributed by atoms with Crippen molar-refractivity contribution < 1.29 is 4.74 Å². The Hall–Kier alpha value is 0.250. The zero-order chi connectivity index (χ0) is 6.91. The standard InChI is InChI=1S/C7H13ClO/c1-3-7(2)6(8)4-5-9-7/h6H,3-5H2,1-2H3/t6-,7+/m1/s1. The number of ether oxygens (including phenoxy) is 1. The van der Waals surface area contributed by atoms with Crippen LogP contribution in [0, 0.1) is 0 Å². The van der Waals surface area contributed by atoms with Crippen molar-refractivity contribution in [2.24, 2.45) is 0 Å². The highest BCUT2D eigenvalue weighted by Crippen LogP contribution is 2.32. The molecular weight excluding hydrogens is 136 g/mol. The predicted octanol–water partition coefficient (Wildman–Crippen LogP) is 2.18. The van der Waals surface area contributed by atoms with Crippen molar-refractivity contribution in [3.05, 3.63) is 0 Å². The molecule has 2 atom stereocenters. The first kappa shape index (κ1) is 7.36. The molecule has 0 amide bonds. The van der Waals surface area contributed by atoms with Crippen LogP contribution in [0.2, 0.25) is 0 Å². The maximum atomic E-state index is 5.99. The Morgan fingerprint density at radius 2 is 2.44 bits per heavy atom. The van der Waals surface area contributed by atoms with Crippen LogP contribution in [0.15, 0.2) is 0 Å². The second-order valence-electron chi connectivity index (χ2n) is 2.77. The van der Waals surface area contributed by atoms with E-state index in [9.17, 15) is 0 Å². The summed E-state index contributed by atoms with van der Waals surface area (Å²) in [6.45, 7) is 5.02. The van der Waals surface area contributed by atoms with Gasteiger partial charge in [-0.05, 0) is 19.8 Å². The van der Waals surface area contributed by atoms with Gasteiger partial charge in [0.1, 0.15) is 0 Å². The minimum absolute atomic E-state index is 0.0401. The Labute approximate surface area is 61.3 Å². The Bertz CT molecular complexity index is 105. The molecule has 1 fully saturated rings. The van der Waals surface area contributed by atoms with Crippen LogP contribution < -0.4 is 0 Å². The summed E-state index contributed by atoms with van der Waals surface area (Å²) in [6, 6.07) is 0. The highest BCUT2D eigenvalue weighted by Gasteiger charge is 2.36. The lowest BCUT2D eigenvalue weighted by molar-refractivity contribution is 0.0192. The first-order valence-corrected chi connectivity index (χ1v) is 3.91. The molecular formula is C7H13ClO. The van der Waals surface area contributed by atoms with Gasteiger partial charge in [0, 0.05) is 6.61 Å². The summed E-state index contributed by atoms with van der Waals surface area (Å²) in [6.07, 6.45) is 2.02. The summed E-state index contributed by atoms with van der Waals surface area (Å²) in [5, 5.41) is 0.225. The van der Waals surface area contributed by atoms with E-state index in [1.165, 1.54) is 0 Å². The number of hydrogen-bond acceptors (Lipinski definition) is 1. The topological polar surface area (TPSA) is 9.23 Å². The minimum atomic E-state index is -0.0401. The van der Waals surface area contributed by atoms with Crippen molar-refractivity contribution in [3.63, 3.8) is 0 Å². The lowest BCUT2D eigenvalue weighted by Gasteiger charge is -2.24. The van der Waals surface area contributed by atoms with Crippen LogP contribution in [0.25, 0.3) is 0 Å². The summed E-state index contributed by atoms with van der Waals surface area (Å²) in [5.41, 5.74) is -0.0401. The molecule has 54 valence electrons. The molecule has 1 saturated heterocycles. The summed E-state index contributed by atoms with van der Waals surface area (Å²) < 4.78 is 5.47. The van der Waals surface area contributed by atoms with E-state index in [1.807, 2.05) is 0 Å². The number of alkyl halides is 1. The highest BCUT2D eigenvalue weighted by molar-refractivity contribution is 6.21. The van der Waals surface area contributed by atoms with Crippen LogP contribution in [-0.2, 0) is 4.74 Å². The van der Waals surface area contributed by atoms with Gasteiger partial charge in [0.25, 0.3) is 0 Å². The average molecular weight is 149 g/mol. The highest BCUT2D eigenvalue weighted by atomic mass is 35.5. The van der Waals surface area contributed by atoms with Gasteiger partial charge in [-0.2, -0.15) is 0 Å². The van der Waals surface area contributed by atoms with Gasteiger partial charge in [0.2, 0.25) is 0 Å². The molecule has 1 nitrogen and oxygen atoms in total. The average Bonchev–Trinajstić information content (AvgIpc) is 2.15. The van der Waals surface area contributed by atoms with E-state index in [0.29, 0.717) is 0 Å². The van der Waals surface area contributed by atoms with Gasteiger partial charge in [-0.15, -0.1) is 11.6 Å². The van der Waals surface area contributed by atoms with E-state index in [-0.39, 0.29) is 11.0 Å². The molecule has 0 aromatic carbocycles. The van der Waals surface area contributed by atoms with Gasteiger partial charge in [-0.1, -0.05) is 6.92 Å². The van der Waals surface area contributed by atoms with Crippen LogP contribution in [0.3, 0.4) is 0 Å². The molecule has 0 unspecified atom stereocenters. The number of halogens is 1. The molecule has 0 aliphatic carbocycles. The van der Waals surface area contributed by atoms with Crippen LogP contribution in [0.5, 0.6) is 0 Å². The Balaban J connectivity index is 2.56. The zero-order valence-electron chi connectivity index (χ0n) is 5.98. The lowest BCUT2D eigenvalue weighted by atomic mass is 9.99. The van der Waals surface area contributed by atoms with Crippen molar-refractivity contribution in [1.29, 1.82) is 0 Å². The predicted molar refractivity (Wildman–Crippen MR) is 38.9 cm³/mol. The third-order valence-corrected chi connectivity index (χ3v) is 2.85. The second-order valence-corrected chi connectivity index (χ2v) is 3.30. The Morgan fingerprint density at radius 1 is 1.78 bits per heavy atom. The van der Waals surface area contributed by atoms with E-state index in [1.54, 1.807) is 0 Å². The summed E-state index contributed by atoms with van der Waals surface area (Å²) in [7, 11) is 0. The van der Waals surface area contributed by atoms with Gasteiger partial charge in [-0.3, -0.25) is 0 Å². The molecule has 1 aliphatic rings. The van der Waals surface area contributed by atoms with E-state index in [0.717, 1.165) is 19.4 Å². The van der Waals surface area contributed by atoms with Gasteiger partial charge < -0.3 is 4.74 Å². The van der Waals surface area contributed by atoms with Gasteiger partial charge >= 0.3 is 0 Å². The number of hydrogen-bond donors (Lipinski definition) is 0. The third-order valence-electron chi connectivity index (χ3n) is 2.17. The molecule has 0 radical (unpaired) electrons. The molecule has 0 saturated carbocycles. The van der Waals surface area contributed by atoms with E-state index in [2.05, 4.69) is 13.8 Å². The molecule has 0 aromatic rings. The smallest absolute Gasteiger partial charge is 0.0815 e. The first-order chi connectivity index (χ1) is 4.19. The maximum absolute atomic E-state index is 5.99. The monoisotopic (exact) mass is 148 g/mol. The Kier molecular flexibility index (Phi) is 2.02. The largest absolute Gasteiger partial charge is 0.374 e. The lowest BCUT2D eigenvalue weighted by Crippen LogP contribution is -2.30. The fraction of sp³-hybridized carbons (Fsp3) is 1.00. The molecule has 9 heavy (non-hydrogen) atoms. The molecule has 1 rings (SSSR count). The summed E-state index contributed by atoms with van der Waals surface area (Å²) >= 11 is 5.99. The third kappa shape index (κ3) is 1.22. The van der Waals surface area contributed by atoms with Gasteiger partial charge in [0.05, 0.1) is 11.0 Å². The van der Waals surface area contributed by atoms with Crippen LogP contribution in [0.4, 0.5) is 0 Å². The molecule has 0 aromatic heterocycles. The molecule has 0 bridgehead atoms. The van der Waals surface area contributed by atoms with Crippen LogP contribution in [0.1, 0.15) is 26.7 Å². The van der Waals surface area contributed by atoms with Crippen LogP contribution >= 0.6 is 11.6 Å².